The Morgan fingerprint density at radius 2 is 1.32 bits per heavy atom. The van der Waals surface area contributed by atoms with Gasteiger partial charge >= 0.3 is 0 Å². The SMILES string of the molecule is COc1ccc(C(=O)Nc2ccc(Oc3ccccc3OC)cc2)cc1OC. The molecule has 144 valence electrons. The molecule has 1 N–H and O–H groups in total. The third-order valence-electron chi connectivity index (χ3n) is 4.05. The Morgan fingerprint density at radius 1 is 0.714 bits per heavy atom. The second-order valence-electron chi connectivity index (χ2n) is 5.80. The lowest BCUT2D eigenvalue weighted by atomic mass is 10.2. The van der Waals surface area contributed by atoms with Gasteiger partial charge in [-0.05, 0) is 54.6 Å². The molecule has 0 aliphatic carbocycles. The normalized spacial score (nSPS) is 10.1. The summed E-state index contributed by atoms with van der Waals surface area (Å²) in [5.74, 6) is 2.71. The molecule has 0 saturated heterocycles. The minimum absolute atomic E-state index is 0.251. The molecule has 0 aliphatic heterocycles. The van der Waals surface area contributed by atoms with E-state index in [2.05, 4.69) is 5.32 Å². The fourth-order valence-corrected chi connectivity index (χ4v) is 2.62. The molecule has 0 fully saturated rings. The topological polar surface area (TPSA) is 66.0 Å². The van der Waals surface area contributed by atoms with E-state index in [0.29, 0.717) is 40.0 Å². The van der Waals surface area contributed by atoms with Crippen molar-refractivity contribution in [3.8, 4) is 28.7 Å². The lowest BCUT2D eigenvalue weighted by molar-refractivity contribution is 0.102. The van der Waals surface area contributed by atoms with Gasteiger partial charge in [0.25, 0.3) is 5.91 Å². The first-order valence-electron chi connectivity index (χ1n) is 8.59. The summed E-state index contributed by atoms with van der Waals surface area (Å²) < 4.78 is 21.5. The monoisotopic (exact) mass is 379 g/mol. The van der Waals surface area contributed by atoms with Crippen molar-refractivity contribution in [2.75, 3.05) is 26.6 Å². The summed E-state index contributed by atoms with van der Waals surface area (Å²) in [4.78, 5) is 12.5. The predicted molar refractivity (Wildman–Crippen MR) is 107 cm³/mol. The second kappa shape index (κ2) is 8.81. The summed E-state index contributed by atoms with van der Waals surface area (Å²) in [6.07, 6.45) is 0. The van der Waals surface area contributed by atoms with Crippen LogP contribution < -0.4 is 24.3 Å². The van der Waals surface area contributed by atoms with Crippen molar-refractivity contribution in [2.45, 2.75) is 0 Å². The lowest BCUT2D eigenvalue weighted by Crippen LogP contribution is -2.12. The third kappa shape index (κ3) is 4.35. The second-order valence-corrected chi connectivity index (χ2v) is 5.80. The molecule has 0 atom stereocenters. The Balaban J connectivity index is 1.69. The molecule has 3 rings (SSSR count). The van der Waals surface area contributed by atoms with Crippen molar-refractivity contribution in [1.82, 2.24) is 0 Å². The quantitative estimate of drug-likeness (QED) is 0.641. The van der Waals surface area contributed by atoms with Crippen LogP contribution in [0.5, 0.6) is 28.7 Å². The van der Waals surface area contributed by atoms with Gasteiger partial charge in [-0.1, -0.05) is 12.1 Å². The molecule has 1 amide bonds. The Bertz CT molecular complexity index is 953. The summed E-state index contributed by atoms with van der Waals surface area (Å²) in [5.41, 5.74) is 1.11. The van der Waals surface area contributed by atoms with Crippen LogP contribution in [0.2, 0.25) is 0 Å². The number of ether oxygens (including phenoxy) is 4. The number of anilines is 1. The van der Waals surface area contributed by atoms with E-state index >= 15 is 0 Å². The number of hydrogen-bond acceptors (Lipinski definition) is 5. The summed E-state index contributed by atoms with van der Waals surface area (Å²) in [6, 6.07) is 19.5. The van der Waals surface area contributed by atoms with E-state index in [1.807, 2.05) is 24.3 Å². The number of benzene rings is 3. The third-order valence-corrected chi connectivity index (χ3v) is 4.05. The van der Waals surface area contributed by atoms with Crippen LogP contribution in [-0.2, 0) is 0 Å². The Hall–Kier alpha value is -3.67. The maximum atomic E-state index is 12.5. The van der Waals surface area contributed by atoms with Crippen molar-refractivity contribution < 1.29 is 23.7 Å². The molecule has 0 saturated carbocycles. The number of carbonyl (C=O) groups excluding carboxylic acids is 1. The van der Waals surface area contributed by atoms with E-state index in [1.165, 1.54) is 7.11 Å². The van der Waals surface area contributed by atoms with Crippen LogP contribution in [0.1, 0.15) is 10.4 Å². The van der Waals surface area contributed by atoms with Crippen LogP contribution >= 0.6 is 0 Å². The van der Waals surface area contributed by atoms with Crippen LogP contribution in [0.4, 0.5) is 5.69 Å². The summed E-state index contributed by atoms with van der Waals surface area (Å²) in [6.45, 7) is 0. The molecule has 0 aliphatic rings. The lowest BCUT2D eigenvalue weighted by Gasteiger charge is -2.11. The van der Waals surface area contributed by atoms with Gasteiger partial charge in [0, 0.05) is 11.3 Å². The molecular formula is C22H21NO5. The van der Waals surface area contributed by atoms with Gasteiger partial charge in [0.05, 0.1) is 21.3 Å². The van der Waals surface area contributed by atoms with Crippen molar-refractivity contribution in [1.29, 1.82) is 0 Å². The first-order valence-corrected chi connectivity index (χ1v) is 8.59. The van der Waals surface area contributed by atoms with Crippen LogP contribution in [0, 0.1) is 0 Å². The highest BCUT2D eigenvalue weighted by Gasteiger charge is 2.11. The number of carbonyl (C=O) groups is 1. The summed E-state index contributed by atoms with van der Waals surface area (Å²) in [7, 11) is 4.67. The van der Waals surface area contributed by atoms with Gasteiger partial charge in [-0.2, -0.15) is 0 Å². The van der Waals surface area contributed by atoms with E-state index in [-0.39, 0.29) is 5.91 Å². The summed E-state index contributed by atoms with van der Waals surface area (Å²) in [5, 5.41) is 2.85. The molecule has 0 aromatic heterocycles. The number of para-hydroxylation sites is 2. The largest absolute Gasteiger partial charge is 0.493 e. The fourth-order valence-electron chi connectivity index (χ4n) is 2.62. The molecular weight excluding hydrogens is 358 g/mol. The number of amides is 1. The molecule has 3 aromatic carbocycles. The zero-order valence-electron chi connectivity index (χ0n) is 15.9. The fraction of sp³-hybridized carbons (Fsp3) is 0.136. The molecule has 0 radical (unpaired) electrons. The van der Waals surface area contributed by atoms with Crippen molar-refractivity contribution in [3.05, 3.63) is 72.3 Å². The van der Waals surface area contributed by atoms with Crippen molar-refractivity contribution >= 4 is 11.6 Å². The number of rotatable bonds is 7. The zero-order chi connectivity index (χ0) is 19.9. The van der Waals surface area contributed by atoms with Crippen LogP contribution in [0.15, 0.2) is 66.7 Å². The van der Waals surface area contributed by atoms with E-state index < -0.39 is 0 Å². The van der Waals surface area contributed by atoms with E-state index in [4.69, 9.17) is 18.9 Å². The van der Waals surface area contributed by atoms with Crippen LogP contribution in [0.3, 0.4) is 0 Å². The van der Waals surface area contributed by atoms with Gasteiger partial charge in [-0.3, -0.25) is 4.79 Å². The molecule has 6 heteroatoms. The zero-order valence-corrected chi connectivity index (χ0v) is 15.9. The smallest absolute Gasteiger partial charge is 0.255 e. The average Bonchev–Trinajstić information content (AvgIpc) is 2.74. The van der Waals surface area contributed by atoms with Crippen molar-refractivity contribution in [3.63, 3.8) is 0 Å². The highest BCUT2D eigenvalue weighted by atomic mass is 16.5. The maximum absolute atomic E-state index is 12.5. The molecule has 0 spiro atoms. The van der Waals surface area contributed by atoms with Gasteiger partial charge in [0.2, 0.25) is 0 Å². The number of nitrogens with one attached hydrogen (secondary N) is 1. The van der Waals surface area contributed by atoms with Crippen molar-refractivity contribution in [2.24, 2.45) is 0 Å². The molecule has 6 nitrogen and oxygen atoms in total. The summed E-state index contributed by atoms with van der Waals surface area (Å²) >= 11 is 0. The first kappa shape index (κ1) is 19.1. The highest BCUT2D eigenvalue weighted by molar-refractivity contribution is 6.04. The van der Waals surface area contributed by atoms with Gasteiger partial charge < -0.3 is 24.3 Å². The standard InChI is InChI=1S/C22H21NO5/c1-25-18-6-4-5-7-20(18)28-17-11-9-16(10-12-17)23-22(24)15-8-13-19(26-2)21(14-15)27-3/h4-14H,1-3H3,(H,23,24). The minimum atomic E-state index is -0.251. The number of methoxy groups -OCH3 is 3. The average molecular weight is 379 g/mol. The Labute approximate surface area is 163 Å². The van der Waals surface area contributed by atoms with Gasteiger partial charge in [0.15, 0.2) is 23.0 Å². The van der Waals surface area contributed by atoms with Gasteiger partial charge in [-0.15, -0.1) is 0 Å². The number of hydrogen-bond donors (Lipinski definition) is 1. The van der Waals surface area contributed by atoms with Gasteiger partial charge in [-0.25, -0.2) is 0 Å². The first-order chi connectivity index (χ1) is 13.6. The Morgan fingerprint density at radius 3 is 1.96 bits per heavy atom. The predicted octanol–water partition coefficient (Wildman–Crippen LogP) is 4.76. The maximum Gasteiger partial charge on any atom is 0.255 e. The van der Waals surface area contributed by atoms with E-state index in [1.54, 1.807) is 56.7 Å². The van der Waals surface area contributed by atoms with Gasteiger partial charge in [0.1, 0.15) is 5.75 Å². The molecule has 3 aromatic rings. The molecule has 0 bridgehead atoms. The molecule has 0 heterocycles. The Kier molecular flexibility index (Phi) is 6.01. The highest BCUT2D eigenvalue weighted by Crippen LogP contribution is 2.31. The molecule has 28 heavy (non-hydrogen) atoms. The molecule has 0 unspecified atom stereocenters. The van der Waals surface area contributed by atoms with Crippen LogP contribution in [0.25, 0.3) is 0 Å². The van der Waals surface area contributed by atoms with E-state index in [9.17, 15) is 4.79 Å². The minimum Gasteiger partial charge on any atom is -0.493 e. The van der Waals surface area contributed by atoms with Crippen LogP contribution in [-0.4, -0.2) is 27.2 Å². The van der Waals surface area contributed by atoms with E-state index in [0.717, 1.165) is 0 Å².